The molecule has 0 amide bonds. The molecule has 8 nitrogen and oxygen atoms in total. The molecule has 1 N–H and O–H groups in total. The summed E-state index contributed by atoms with van der Waals surface area (Å²) < 4.78 is 0. The lowest BCUT2D eigenvalue weighted by Gasteiger charge is -1.96. The molecular formula is C7H5N5O3. The van der Waals surface area contributed by atoms with Gasteiger partial charge in [0.15, 0.2) is 5.84 Å². The van der Waals surface area contributed by atoms with Gasteiger partial charge in [-0.15, -0.1) is 0 Å². The van der Waals surface area contributed by atoms with E-state index in [1.807, 2.05) is 0 Å². The quantitative estimate of drug-likeness (QED) is 0.116. The number of non-ortho nitro benzene ring substituents is 1. The van der Waals surface area contributed by atoms with Crippen molar-refractivity contribution < 1.29 is 10.1 Å². The van der Waals surface area contributed by atoms with Gasteiger partial charge in [-0.1, -0.05) is 17.3 Å². The Balaban J connectivity index is 3.20. The molecule has 8 heteroatoms. The number of azide groups is 1. The Morgan fingerprint density at radius 3 is 2.87 bits per heavy atom. The third kappa shape index (κ3) is 2.42. The van der Waals surface area contributed by atoms with Gasteiger partial charge in [-0.25, -0.2) is 0 Å². The summed E-state index contributed by atoms with van der Waals surface area (Å²) in [6.07, 6.45) is 0. The number of hydrogen-bond donors (Lipinski definition) is 1. The molecule has 1 rings (SSSR count). The van der Waals surface area contributed by atoms with Crippen LogP contribution in [0.4, 0.5) is 5.69 Å². The molecule has 0 aliphatic heterocycles. The fourth-order valence-electron chi connectivity index (χ4n) is 0.936. The molecule has 1 aromatic carbocycles. The fraction of sp³-hybridized carbons (Fsp3) is 0. The molecule has 0 bridgehead atoms. The highest BCUT2D eigenvalue weighted by molar-refractivity contribution is 5.99. The Hall–Kier alpha value is -2.60. The zero-order chi connectivity index (χ0) is 11.3. The molecule has 0 radical (unpaired) electrons. The van der Waals surface area contributed by atoms with Crippen LogP contribution in [0.2, 0.25) is 0 Å². The van der Waals surface area contributed by atoms with Crippen molar-refractivity contribution in [3.05, 3.63) is 50.4 Å². The van der Waals surface area contributed by atoms with Gasteiger partial charge in [0, 0.05) is 22.6 Å². The minimum atomic E-state index is -0.603. The van der Waals surface area contributed by atoms with E-state index in [1.165, 1.54) is 18.2 Å². The Bertz CT molecular complexity index is 463. The molecule has 0 spiro atoms. The van der Waals surface area contributed by atoms with Crippen LogP contribution in [0.15, 0.2) is 34.5 Å². The maximum Gasteiger partial charge on any atom is 0.270 e. The zero-order valence-corrected chi connectivity index (χ0v) is 7.31. The molecule has 0 saturated heterocycles. The summed E-state index contributed by atoms with van der Waals surface area (Å²) in [4.78, 5) is 12.2. The maximum atomic E-state index is 10.4. The topological polar surface area (TPSA) is 124 Å². The largest absolute Gasteiger partial charge is 0.410 e. The van der Waals surface area contributed by atoms with Crippen molar-refractivity contribution in [3.63, 3.8) is 0 Å². The molecule has 76 valence electrons. The van der Waals surface area contributed by atoms with Crippen LogP contribution in [0.1, 0.15) is 5.56 Å². The van der Waals surface area contributed by atoms with Gasteiger partial charge in [0.2, 0.25) is 0 Å². The molecule has 1 aromatic rings. The minimum absolute atomic E-state index is 0.171. The normalized spacial score (nSPS) is 10.5. The predicted molar refractivity (Wildman–Crippen MR) is 50.6 cm³/mol. The second kappa shape index (κ2) is 4.58. The van der Waals surface area contributed by atoms with Crippen LogP contribution >= 0.6 is 0 Å². The molecule has 0 saturated carbocycles. The fourth-order valence-corrected chi connectivity index (χ4v) is 0.936. The SMILES string of the molecule is [N-]=[N+]=N/C(=N/O)c1cccc([N+](=O)[O-])c1. The molecule has 0 atom stereocenters. The number of nitro groups is 1. The summed E-state index contributed by atoms with van der Waals surface area (Å²) in [5, 5.41) is 24.7. The lowest BCUT2D eigenvalue weighted by atomic mass is 10.2. The number of hydrogen-bond acceptors (Lipinski definition) is 4. The van der Waals surface area contributed by atoms with Crippen LogP contribution < -0.4 is 0 Å². The molecule has 0 fully saturated rings. The number of amidine groups is 1. The molecular weight excluding hydrogens is 202 g/mol. The smallest absolute Gasteiger partial charge is 0.270 e. The minimum Gasteiger partial charge on any atom is -0.410 e. The molecule has 0 heterocycles. The van der Waals surface area contributed by atoms with Gasteiger partial charge in [-0.2, -0.15) is 0 Å². The van der Waals surface area contributed by atoms with Crippen LogP contribution in [0.5, 0.6) is 0 Å². The Morgan fingerprint density at radius 1 is 1.60 bits per heavy atom. The van der Waals surface area contributed by atoms with Gasteiger partial charge < -0.3 is 5.21 Å². The predicted octanol–water partition coefficient (Wildman–Crippen LogP) is 2.04. The lowest BCUT2D eigenvalue weighted by Crippen LogP contribution is -1.97. The van der Waals surface area contributed by atoms with Gasteiger partial charge in [-0.3, -0.25) is 10.1 Å². The van der Waals surface area contributed by atoms with Gasteiger partial charge >= 0.3 is 0 Å². The lowest BCUT2D eigenvalue weighted by molar-refractivity contribution is -0.384. The van der Waals surface area contributed by atoms with Gasteiger partial charge in [0.05, 0.1) is 4.92 Å². The average Bonchev–Trinajstić information content (AvgIpc) is 2.26. The van der Waals surface area contributed by atoms with Crippen molar-refractivity contribution in [1.82, 2.24) is 0 Å². The molecule has 0 unspecified atom stereocenters. The number of nitrogens with zero attached hydrogens (tertiary/aromatic N) is 5. The van der Waals surface area contributed by atoms with Crippen molar-refractivity contribution in [2.24, 2.45) is 10.3 Å². The van der Waals surface area contributed by atoms with E-state index in [0.29, 0.717) is 0 Å². The third-order valence-electron chi connectivity index (χ3n) is 1.55. The van der Waals surface area contributed by atoms with Gasteiger partial charge in [-0.05, 0) is 10.6 Å². The molecule has 0 aliphatic carbocycles. The third-order valence-corrected chi connectivity index (χ3v) is 1.55. The maximum absolute atomic E-state index is 10.4. The summed E-state index contributed by atoms with van der Waals surface area (Å²) in [5.74, 6) is -0.318. The van der Waals surface area contributed by atoms with Gasteiger partial charge in [0.1, 0.15) is 0 Å². The van der Waals surface area contributed by atoms with E-state index in [1.54, 1.807) is 0 Å². The number of nitro benzene ring substituents is 1. The first kappa shape index (κ1) is 10.5. The van der Waals surface area contributed by atoms with E-state index in [0.717, 1.165) is 6.07 Å². The zero-order valence-electron chi connectivity index (χ0n) is 7.31. The molecule has 0 aliphatic rings. The van der Waals surface area contributed by atoms with Crippen molar-refractivity contribution in [1.29, 1.82) is 0 Å². The van der Waals surface area contributed by atoms with E-state index in [9.17, 15) is 10.1 Å². The number of benzene rings is 1. The van der Waals surface area contributed by atoms with E-state index >= 15 is 0 Å². The van der Waals surface area contributed by atoms with Crippen LogP contribution in [0.25, 0.3) is 10.4 Å². The number of rotatable bonds is 2. The Morgan fingerprint density at radius 2 is 2.33 bits per heavy atom. The first-order valence-electron chi connectivity index (χ1n) is 3.71. The Kier molecular flexibility index (Phi) is 3.20. The highest BCUT2D eigenvalue weighted by Crippen LogP contribution is 2.14. The van der Waals surface area contributed by atoms with E-state index in [2.05, 4.69) is 15.2 Å². The summed E-state index contributed by atoms with van der Waals surface area (Å²) in [5.41, 5.74) is 8.13. The summed E-state index contributed by atoms with van der Waals surface area (Å²) in [7, 11) is 0. The monoisotopic (exact) mass is 207 g/mol. The van der Waals surface area contributed by atoms with Crippen molar-refractivity contribution >= 4 is 11.5 Å². The second-order valence-electron chi connectivity index (χ2n) is 2.42. The highest BCUT2D eigenvalue weighted by atomic mass is 16.6. The molecule has 0 aromatic heterocycles. The van der Waals surface area contributed by atoms with E-state index in [4.69, 9.17) is 10.7 Å². The van der Waals surface area contributed by atoms with Crippen LogP contribution in [0.3, 0.4) is 0 Å². The van der Waals surface area contributed by atoms with E-state index in [-0.39, 0.29) is 17.1 Å². The first-order chi connectivity index (χ1) is 7.19. The van der Waals surface area contributed by atoms with Crippen molar-refractivity contribution in [3.8, 4) is 0 Å². The van der Waals surface area contributed by atoms with Gasteiger partial charge in [0.25, 0.3) is 5.69 Å². The number of oxime groups is 1. The summed E-state index contributed by atoms with van der Waals surface area (Å²) in [6, 6.07) is 5.24. The van der Waals surface area contributed by atoms with Crippen LogP contribution in [0, 0.1) is 10.1 Å². The Labute approximate surface area is 83.2 Å². The standard InChI is InChI=1S/C7H5N5O3/c8-11-9-7(10-13)5-2-1-3-6(4-5)12(14)15/h1-4,13H/b10-7+. The summed E-state index contributed by atoms with van der Waals surface area (Å²) >= 11 is 0. The van der Waals surface area contributed by atoms with Crippen molar-refractivity contribution in [2.75, 3.05) is 0 Å². The molecule has 15 heavy (non-hydrogen) atoms. The van der Waals surface area contributed by atoms with Crippen molar-refractivity contribution in [2.45, 2.75) is 0 Å². The second-order valence-corrected chi connectivity index (χ2v) is 2.42. The highest BCUT2D eigenvalue weighted by Gasteiger charge is 2.08. The first-order valence-corrected chi connectivity index (χ1v) is 3.71. The van der Waals surface area contributed by atoms with E-state index < -0.39 is 4.92 Å². The average molecular weight is 207 g/mol. The van der Waals surface area contributed by atoms with Crippen LogP contribution in [-0.2, 0) is 0 Å². The summed E-state index contributed by atoms with van der Waals surface area (Å²) in [6.45, 7) is 0. The van der Waals surface area contributed by atoms with Crippen LogP contribution in [-0.4, -0.2) is 16.0 Å².